The molecule has 0 bridgehead atoms. The zero-order valence-electron chi connectivity index (χ0n) is 10.5. The van der Waals surface area contributed by atoms with E-state index in [1.165, 1.54) is 24.4 Å². The summed E-state index contributed by atoms with van der Waals surface area (Å²) in [5.41, 5.74) is 1.32. The first-order chi connectivity index (χ1) is 9.45. The fraction of sp³-hybridized carbons (Fsp3) is 0.167. The van der Waals surface area contributed by atoms with E-state index in [2.05, 4.69) is 15.5 Å². The van der Waals surface area contributed by atoms with Crippen molar-refractivity contribution < 1.29 is 8.42 Å². The zero-order valence-corrected chi connectivity index (χ0v) is 11.4. The first-order valence-corrected chi connectivity index (χ1v) is 7.40. The minimum absolute atomic E-state index is 0.0907. The van der Waals surface area contributed by atoms with Crippen molar-refractivity contribution in [3.63, 3.8) is 0 Å². The van der Waals surface area contributed by atoms with E-state index in [0.29, 0.717) is 18.7 Å². The van der Waals surface area contributed by atoms with E-state index in [9.17, 15) is 13.2 Å². The second-order valence-corrected chi connectivity index (χ2v) is 5.76. The van der Waals surface area contributed by atoms with E-state index in [1.54, 1.807) is 12.1 Å². The minimum Gasteiger partial charge on any atom is -0.383 e. The van der Waals surface area contributed by atoms with Crippen LogP contribution < -0.4 is 16.0 Å². The van der Waals surface area contributed by atoms with Gasteiger partial charge in [0.2, 0.25) is 10.0 Å². The van der Waals surface area contributed by atoms with Crippen LogP contribution in [0.3, 0.4) is 0 Å². The molecule has 7 nitrogen and oxygen atoms in total. The van der Waals surface area contributed by atoms with Crippen LogP contribution in [0.5, 0.6) is 0 Å². The summed E-state index contributed by atoms with van der Waals surface area (Å²) < 4.78 is 22.2. The highest BCUT2D eigenvalue weighted by Crippen LogP contribution is 2.09. The number of nitrogens with one attached hydrogen (secondary N) is 2. The average molecular weight is 294 g/mol. The molecule has 106 valence electrons. The lowest BCUT2D eigenvalue weighted by atomic mass is 10.1. The van der Waals surface area contributed by atoms with Gasteiger partial charge in [-0.1, -0.05) is 12.1 Å². The van der Waals surface area contributed by atoms with Gasteiger partial charge in [0.1, 0.15) is 0 Å². The highest BCUT2D eigenvalue weighted by molar-refractivity contribution is 7.89. The van der Waals surface area contributed by atoms with Crippen LogP contribution >= 0.6 is 0 Å². The number of H-pyrrole nitrogens is 1. The van der Waals surface area contributed by atoms with Crippen LogP contribution in [0.2, 0.25) is 0 Å². The van der Waals surface area contributed by atoms with Crippen molar-refractivity contribution in [3.05, 3.63) is 52.4 Å². The summed E-state index contributed by atoms with van der Waals surface area (Å²) in [5.74, 6) is 0. The van der Waals surface area contributed by atoms with Gasteiger partial charge in [0.15, 0.2) is 0 Å². The van der Waals surface area contributed by atoms with E-state index in [1.807, 2.05) is 0 Å². The number of aromatic amines is 1. The van der Waals surface area contributed by atoms with Gasteiger partial charge in [-0.25, -0.2) is 18.7 Å². The third kappa shape index (κ3) is 3.90. The molecular weight excluding hydrogens is 280 g/mol. The Kier molecular flexibility index (Phi) is 4.16. The molecule has 20 heavy (non-hydrogen) atoms. The molecule has 0 saturated heterocycles. The maximum absolute atomic E-state index is 11.1. The van der Waals surface area contributed by atoms with Crippen molar-refractivity contribution in [1.29, 1.82) is 0 Å². The summed E-state index contributed by atoms with van der Waals surface area (Å²) in [6.07, 6.45) is 2.20. The number of sulfonamides is 1. The Balaban J connectivity index is 1.93. The van der Waals surface area contributed by atoms with Crippen molar-refractivity contribution in [1.82, 2.24) is 10.2 Å². The number of anilines is 1. The molecular formula is C12H14N4O3S. The molecule has 1 aromatic carbocycles. The molecule has 0 unspecified atom stereocenters. The summed E-state index contributed by atoms with van der Waals surface area (Å²) in [4.78, 5) is 11.1. The monoisotopic (exact) mass is 294 g/mol. The molecule has 2 aromatic rings. The first kappa shape index (κ1) is 14.2. The molecule has 0 spiro atoms. The fourth-order valence-electron chi connectivity index (χ4n) is 1.67. The summed E-state index contributed by atoms with van der Waals surface area (Å²) in [7, 11) is -3.65. The quantitative estimate of drug-likeness (QED) is 0.721. The number of primary sulfonamides is 1. The standard InChI is InChI=1S/C12H14N4O3S/c13-20(18,19)11-3-1-9(2-4-11)5-6-14-10-7-12(17)16-15-8-10/h1-4,7-8H,5-6H2,(H2,13,18,19)(H2,14,16,17). The molecule has 0 aliphatic heterocycles. The molecule has 4 N–H and O–H groups in total. The van der Waals surface area contributed by atoms with Gasteiger partial charge in [-0.15, -0.1) is 0 Å². The number of hydrogen-bond acceptors (Lipinski definition) is 5. The van der Waals surface area contributed by atoms with Crippen molar-refractivity contribution in [2.75, 3.05) is 11.9 Å². The summed E-state index contributed by atoms with van der Waals surface area (Å²) in [6.45, 7) is 0.597. The Morgan fingerprint density at radius 3 is 2.55 bits per heavy atom. The van der Waals surface area contributed by atoms with E-state index in [4.69, 9.17) is 5.14 Å². The Morgan fingerprint density at radius 1 is 1.25 bits per heavy atom. The van der Waals surface area contributed by atoms with Gasteiger partial charge < -0.3 is 5.32 Å². The lowest BCUT2D eigenvalue weighted by Gasteiger charge is -2.06. The van der Waals surface area contributed by atoms with Crippen molar-refractivity contribution in [3.8, 4) is 0 Å². The third-order valence-electron chi connectivity index (χ3n) is 2.66. The van der Waals surface area contributed by atoms with Gasteiger partial charge in [0.25, 0.3) is 5.56 Å². The normalized spacial score (nSPS) is 11.2. The molecule has 0 saturated carbocycles. The molecule has 0 aliphatic rings. The summed E-state index contributed by atoms with van der Waals surface area (Å²) in [5, 5.41) is 14.0. The van der Waals surface area contributed by atoms with E-state index < -0.39 is 10.0 Å². The smallest absolute Gasteiger partial charge is 0.266 e. The molecule has 0 atom stereocenters. The SMILES string of the molecule is NS(=O)(=O)c1ccc(CCNc2cn[nH]c(=O)c2)cc1. The Hall–Kier alpha value is -2.19. The molecule has 0 fully saturated rings. The second kappa shape index (κ2) is 5.85. The maximum atomic E-state index is 11.1. The number of aromatic nitrogens is 2. The lowest BCUT2D eigenvalue weighted by Crippen LogP contribution is -2.12. The van der Waals surface area contributed by atoms with Crippen LogP contribution in [0.1, 0.15) is 5.56 Å². The molecule has 2 rings (SSSR count). The van der Waals surface area contributed by atoms with Crippen molar-refractivity contribution >= 4 is 15.7 Å². The first-order valence-electron chi connectivity index (χ1n) is 5.85. The number of nitrogens with two attached hydrogens (primary N) is 1. The summed E-state index contributed by atoms with van der Waals surface area (Å²) in [6, 6.07) is 7.77. The van der Waals surface area contributed by atoms with Crippen molar-refractivity contribution in [2.45, 2.75) is 11.3 Å². The van der Waals surface area contributed by atoms with E-state index in [-0.39, 0.29) is 10.5 Å². The Morgan fingerprint density at radius 2 is 1.95 bits per heavy atom. The number of hydrogen-bond donors (Lipinski definition) is 3. The Bertz CT molecular complexity index is 738. The second-order valence-electron chi connectivity index (χ2n) is 4.20. The van der Waals surface area contributed by atoms with Gasteiger partial charge >= 0.3 is 0 Å². The number of rotatable bonds is 5. The predicted octanol–water partition coefficient (Wildman–Crippen LogP) is 0.0719. The zero-order chi connectivity index (χ0) is 14.6. The van der Waals surface area contributed by atoms with Crippen molar-refractivity contribution in [2.24, 2.45) is 5.14 Å². The molecule has 1 heterocycles. The van der Waals surface area contributed by atoms with Gasteiger partial charge in [0, 0.05) is 12.6 Å². The molecule has 0 radical (unpaired) electrons. The minimum atomic E-state index is -3.65. The fourth-order valence-corrected chi connectivity index (χ4v) is 2.19. The van der Waals surface area contributed by atoms with E-state index >= 15 is 0 Å². The third-order valence-corrected chi connectivity index (χ3v) is 3.59. The number of nitrogens with zero attached hydrogens (tertiary/aromatic N) is 1. The summed E-state index contributed by atoms with van der Waals surface area (Å²) >= 11 is 0. The number of benzene rings is 1. The highest BCUT2D eigenvalue weighted by Gasteiger charge is 2.06. The van der Waals surface area contributed by atoms with E-state index in [0.717, 1.165) is 5.56 Å². The predicted molar refractivity (Wildman–Crippen MR) is 74.9 cm³/mol. The molecule has 0 amide bonds. The average Bonchev–Trinajstić information content (AvgIpc) is 2.38. The molecule has 1 aromatic heterocycles. The van der Waals surface area contributed by atoms with Crippen LogP contribution in [-0.2, 0) is 16.4 Å². The molecule has 8 heteroatoms. The highest BCUT2D eigenvalue weighted by atomic mass is 32.2. The van der Waals surface area contributed by atoms with Gasteiger partial charge in [-0.2, -0.15) is 5.10 Å². The van der Waals surface area contributed by atoms with Gasteiger partial charge in [-0.3, -0.25) is 4.79 Å². The van der Waals surface area contributed by atoms with Crippen LogP contribution in [0.4, 0.5) is 5.69 Å². The van der Waals surface area contributed by atoms with Crippen LogP contribution in [-0.4, -0.2) is 25.2 Å². The van der Waals surface area contributed by atoms with Crippen LogP contribution in [0.25, 0.3) is 0 Å². The van der Waals surface area contributed by atoms with Gasteiger partial charge in [-0.05, 0) is 24.1 Å². The molecule has 0 aliphatic carbocycles. The maximum Gasteiger partial charge on any atom is 0.266 e. The topological polar surface area (TPSA) is 118 Å². The largest absolute Gasteiger partial charge is 0.383 e. The lowest BCUT2D eigenvalue weighted by molar-refractivity contribution is 0.598. The Labute approximate surface area is 115 Å². The van der Waals surface area contributed by atoms with Gasteiger partial charge in [0.05, 0.1) is 16.8 Å². The van der Waals surface area contributed by atoms with Crippen LogP contribution in [0.15, 0.2) is 46.2 Å². The van der Waals surface area contributed by atoms with Crippen LogP contribution in [0, 0.1) is 0 Å².